The molecule has 1 saturated heterocycles. The van der Waals surface area contributed by atoms with Gasteiger partial charge in [0, 0.05) is 31.3 Å². The molecule has 1 fully saturated rings. The molecule has 33 heavy (non-hydrogen) atoms. The minimum atomic E-state index is -3.51. The Hall–Kier alpha value is -3.24. The molecule has 0 bridgehead atoms. The largest absolute Gasteiger partial charge is 0.387 e. The van der Waals surface area contributed by atoms with E-state index in [0.29, 0.717) is 16.9 Å². The van der Waals surface area contributed by atoms with Crippen LogP contribution in [-0.4, -0.2) is 87.8 Å². The highest BCUT2D eigenvalue weighted by molar-refractivity contribution is 7.90. The zero-order chi connectivity index (χ0) is 23.9. The number of hydrogen-bond donors (Lipinski definition) is 4. The first-order valence-electron chi connectivity index (χ1n) is 9.58. The number of carbonyl (C=O) groups excluding carboxylic acids is 1. The van der Waals surface area contributed by atoms with Crippen molar-refractivity contribution < 1.29 is 33.0 Å². The SMILES string of the molecule is CNc1nc(-c2cncc(S(C)(=O)=O)c2)nc2c1ncn2C1OC(C(=O)NOC)C(O)C1O. The summed E-state index contributed by atoms with van der Waals surface area (Å²) >= 11 is 0. The van der Waals surface area contributed by atoms with Crippen molar-refractivity contribution in [1.29, 1.82) is 0 Å². The summed E-state index contributed by atoms with van der Waals surface area (Å²) in [5.74, 6) is -0.320. The van der Waals surface area contributed by atoms with E-state index in [2.05, 4.69) is 35.6 Å². The predicted molar refractivity (Wildman–Crippen MR) is 112 cm³/mol. The standard InChI is InChI=1S/C18H21N7O7S/c1-19-15-10-16(23-14(22-15)8-4-9(6-20-5-8)33(3,29)30)25(7-21-10)18-12(27)11(26)13(32-18)17(28)24-31-2/h4-7,11-13,18,26-27H,1-3H3,(H,24,28)(H,19,22,23). The minimum Gasteiger partial charge on any atom is -0.387 e. The molecular weight excluding hydrogens is 458 g/mol. The highest BCUT2D eigenvalue weighted by atomic mass is 32.2. The summed E-state index contributed by atoms with van der Waals surface area (Å²) in [5.41, 5.74) is 2.91. The van der Waals surface area contributed by atoms with Gasteiger partial charge in [-0.15, -0.1) is 0 Å². The third-order valence-electron chi connectivity index (χ3n) is 5.03. The van der Waals surface area contributed by atoms with Gasteiger partial charge in [-0.2, -0.15) is 0 Å². The predicted octanol–water partition coefficient (Wildman–Crippen LogP) is -1.37. The number of aliphatic hydroxyl groups is 2. The maximum absolute atomic E-state index is 12.1. The first kappa shape index (κ1) is 22.9. The first-order chi connectivity index (χ1) is 15.7. The van der Waals surface area contributed by atoms with Gasteiger partial charge in [0.25, 0.3) is 5.91 Å². The molecule has 1 amide bonds. The van der Waals surface area contributed by atoms with Gasteiger partial charge in [0.15, 0.2) is 45.0 Å². The smallest absolute Gasteiger partial charge is 0.275 e. The lowest BCUT2D eigenvalue weighted by Crippen LogP contribution is -2.42. The van der Waals surface area contributed by atoms with Crippen LogP contribution >= 0.6 is 0 Å². The Labute approximate surface area is 187 Å². The van der Waals surface area contributed by atoms with Gasteiger partial charge in [-0.25, -0.2) is 28.8 Å². The number of aromatic nitrogens is 5. The third kappa shape index (κ3) is 4.11. The highest BCUT2D eigenvalue weighted by Crippen LogP contribution is 2.33. The van der Waals surface area contributed by atoms with Crippen molar-refractivity contribution in [1.82, 2.24) is 30.0 Å². The van der Waals surface area contributed by atoms with Crippen LogP contribution in [0.2, 0.25) is 0 Å². The zero-order valence-electron chi connectivity index (χ0n) is 17.7. The summed E-state index contributed by atoms with van der Waals surface area (Å²) in [4.78, 5) is 33.7. The topological polar surface area (TPSA) is 191 Å². The molecule has 0 aromatic carbocycles. The summed E-state index contributed by atoms with van der Waals surface area (Å²) in [6.45, 7) is 0. The van der Waals surface area contributed by atoms with E-state index in [1.54, 1.807) is 7.05 Å². The van der Waals surface area contributed by atoms with Crippen molar-refractivity contribution in [3.8, 4) is 11.4 Å². The Kier molecular flexibility index (Phi) is 5.98. The van der Waals surface area contributed by atoms with Crippen LogP contribution in [0.25, 0.3) is 22.6 Å². The van der Waals surface area contributed by atoms with Gasteiger partial charge in [0.2, 0.25) is 0 Å². The summed E-state index contributed by atoms with van der Waals surface area (Å²) in [6, 6.07) is 1.39. The number of aliphatic hydroxyl groups excluding tert-OH is 2. The maximum atomic E-state index is 12.1. The molecule has 3 aromatic heterocycles. The fourth-order valence-electron chi connectivity index (χ4n) is 3.41. The fourth-order valence-corrected chi connectivity index (χ4v) is 4.01. The zero-order valence-corrected chi connectivity index (χ0v) is 18.5. The van der Waals surface area contributed by atoms with Gasteiger partial charge < -0.3 is 20.3 Å². The normalized spacial score (nSPS) is 23.1. The molecule has 0 saturated carbocycles. The molecule has 4 N–H and O–H groups in total. The molecular formula is C18H21N7O7S. The Bertz CT molecular complexity index is 1310. The lowest BCUT2D eigenvalue weighted by Gasteiger charge is -2.17. The molecule has 4 heterocycles. The number of hydrogen-bond acceptors (Lipinski definition) is 12. The number of nitrogens with one attached hydrogen (secondary N) is 2. The van der Waals surface area contributed by atoms with Crippen LogP contribution in [0.3, 0.4) is 0 Å². The number of carbonyl (C=O) groups is 1. The molecule has 0 spiro atoms. The van der Waals surface area contributed by atoms with Gasteiger partial charge in [0.1, 0.15) is 12.2 Å². The number of rotatable bonds is 6. The van der Waals surface area contributed by atoms with Gasteiger partial charge in [-0.05, 0) is 6.07 Å². The van der Waals surface area contributed by atoms with E-state index in [9.17, 15) is 23.4 Å². The van der Waals surface area contributed by atoms with E-state index in [4.69, 9.17) is 4.74 Å². The number of fused-ring (bicyclic) bond motifs is 1. The van der Waals surface area contributed by atoms with E-state index >= 15 is 0 Å². The van der Waals surface area contributed by atoms with Gasteiger partial charge in [0.05, 0.1) is 18.3 Å². The second-order valence-corrected chi connectivity index (χ2v) is 9.27. The quantitative estimate of drug-likeness (QED) is 0.304. The van der Waals surface area contributed by atoms with Crippen molar-refractivity contribution >= 4 is 32.7 Å². The lowest BCUT2D eigenvalue weighted by atomic mass is 10.1. The Morgan fingerprint density at radius 2 is 2.00 bits per heavy atom. The number of nitrogens with zero attached hydrogens (tertiary/aromatic N) is 5. The van der Waals surface area contributed by atoms with Gasteiger partial charge in [-0.1, -0.05) is 0 Å². The van der Waals surface area contributed by atoms with Crippen LogP contribution in [-0.2, 0) is 24.2 Å². The summed E-state index contributed by atoms with van der Waals surface area (Å²) in [5, 5.41) is 23.7. The Morgan fingerprint density at radius 3 is 2.67 bits per heavy atom. The number of hydroxylamine groups is 1. The van der Waals surface area contributed by atoms with E-state index in [0.717, 1.165) is 6.26 Å². The number of anilines is 1. The molecule has 0 radical (unpaired) electrons. The van der Waals surface area contributed by atoms with Crippen LogP contribution < -0.4 is 10.8 Å². The van der Waals surface area contributed by atoms with Crippen molar-refractivity contribution in [2.45, 2.75) is 29.4 Å². The van der Waals surface area contributed by atoms with Crippen LogP contribution in [0.1, 0.15) is 6.23 Å². The molecule has 4 atom stereocenters. The monoisotopic (exact) mass is 479 g/mol. The Morgan fingerprint density at radius 1 is 1.24 bits per heavy atom. The first-order valence-corrected chi connectivity index (χ1v) is 11.5. The molecule has 176 valence electrons. The molecule has 4 unspecified atom stereocenters. The summed E-state index contributed by atoms with van der Waals surface area (Å²) < 4.78 is 30.8. The van der Waals surface area contributed by atoms with Crippen molar-refractivity contribution in [2.75, 3.05) is 25.7 Å². The average molecular weight is 479 g/mol. The van der Waals surface area contributed by atoms with Crippen LogP contribution in [0.5, 0.6) is 0 Å². The molecule has 14 nitrogen and oxygen atoms in total. The average Bonchev–Trinajstić information content (AvgIpc) is 3.34. The van der Waals surface area contributed by atoms with E-state index < -0.39 is 40.3 Å². The molecule has 4 rings (SSSR count). The van der Waals surface area contributed by atoms with Gasteiger partial charge >= 0.3 is 0 Å². The van der Waals surface area contributed by atoms with E-state index in [1.807, 2.05) is 0 Å². The van der Waals surface area contributed by atoms with Crippen molar-refractivity contribution in [3.05, 3.63) is 24.8 Å². The fraction of sp³-hybridized carbons (Fsp3) is 0.389. The lowest BCUT2D eigenvalue weighted by molar-refractivity contribution is -0.148. The highest BCUT2D eigenvalue weighted by Gasteiger charge is 2.48. The summed E-state index contributed by atoms with van der Waals surface area (Å²) in [6.07, 6.45) is -0.612. The molecule has 0 aliphatic carbocycles. The van der Waals surface area contributed by atoms with Crippen molar-refractivity contribution in [3.63, 3.8) is 0 Å². The number of amides is 1. The number of ether oxygens (including phenoxy) is 1. The number of imidazole rings is 1. The van der Waals surface area contributed by atoms with Crippen LogP contribution in [0, 0.1) is 0 Å². The second-order valence-electron chi connectivity index (χ2n) is 7.25. The second kappa shape index (κ2) is 8.60. The van der Waals surface area contributed by atoms with E-state index in [1.165, 1.54) is 36.5 Å². The molecule has 15 heteroatoms. The third-order valence-corrected chi connectivity index (χ3v) is 6.11. The number of sulfone groups is 1. The molecule has 1 aliphatic rings. The minimum absolute atomic E-state index is 0.00659. The van der Waals surface area contributed by atoms with Crippen LogP contribution in [0.4, 0.5) is 5.82 Å². The summed E-state index contributed by atoms with van der Waals surface area (Å²) in [7, 11) is -0.674. The Balaban J connectivity index is 1.80. The molecule has 1 aliphatic heterocycles. The number of pyridine rings is 1. The van der Waals surface area contributed by atoms with Crippen LogP contribution in [0.15, 0.2) is 29.7 Å². The molecule has 3 aromatic rings. The maximum Gasteiger partial charge on any atom is 0.275 e. The van der Waals surface area contributed by atoms with E-state index in [-0.39, 0.29) is 16.4 Å². The van der Waals surface area contributed by atoms with Gasteiger partial charge in [-0.3, -0.25) is 19.2 Å². The van der Waals surface area contributed by atoms with Crippen molar-refractivity contribution in [2.24, 2.45) is 0 Å².